The minimum absolute atomic E-state index is 0.376. The Bertz CT molecular complexity index is 892. The zero-order valence-corrected chi connectivity index (χ0v) is 13.9. The molecule has 0 spiro atoms. The van der Waals surface area contributed by atoms with Gasteiger partial charge in [-0.2, -0.15) is 5.26 Å². The van der Waals surface area contributed by atoms with Crippen LogP contribution in [-0.4, -0.2) is 23.1 Å². The van der Waals surface area contributed by atoms with Crippen molar-refractivity contribution in [1.82, 2.24) is 9.97 Å². The van der Waals surface area contributed by atoms with Gasteiger partial charge in [0.05, 0.1) is 21.6 Å². The molecule has 1 aromatic heterocycles. The molecule has 0 aliphatic carbocycles. The summed E-state index contributed by atoms with van der Waals surface area (Å²) in [6.07, 6.45) is 2.24. The van der Waals surface area contributed by atoms with E-state index in [1.807, 2.05) is 30.3 Å². The van der Waals surface area contributed by atoms with Gasteiger partial charge in [-0.05, 0) is 43.2 Å². The van der Waals surface area contributed by atoms with Crippen molar-refractivity contribution in [3.8, 4) is 6.07 Å². The number of nitriles is 1. The zero-order valence-electron chi connectivity index (χ0n) is 13.2. The molecule has 3 aromatic rings. The number of hydrogen-bond donors (Lipinski definition) is 1. The molecule has 120 valence electrons. The molecule has 5 heteroatoms. The number of halogens is 1. The first kappa shape index (κ1) is 15.0. The molecule has 0 bridgehead atoms. The van der Waals surface area contributed by atoms with Crippen LogP contribution in [0.4, 0.5) is 5.69 Å². The second-order valence-electron chi connectivity index (χ2n) is 6.20. The van der Waals surface area contributed by atoms with E-state index in [9.17, 15) is 0 Å². The lowest BCUT2D eigenvalue weighted by Gasteiger charge is -2.33. The summed E-state index contributed by atoms with van der Waals surface area (Å²) in [4.78, 5) is 10.5. The van der Waals surface area contributed by atoms with Crippen LogP contribution >= 0.6 is 11.6 Å². The molecule has 0 amide bonds. The molecule has 24 heavy (non-hydrogen) atoms. The number of nitrogens with one attached hydrogen (secondary N) is 1. The molecule has 0 radical (unpaired) electrons. The monoisotopic (exact) mass is 336 g/mol. The van der Waals surface area contributed by atoms with E-state index in [0.29, 0.717) is 16.5 Å². The first-order chi connectivity index (χ1) is 11.7. The Balaban J connectivity index is 1.59. The number of hydrogen-bond acceptors (Lipinski definition) is 3. The highest BCUT2D eigenvalue weighted by molar-refractivity contribution is 6.32. The van der Waals surface area contributed by atoms with E-state index < -0.39 is 0 Å². The van der Waals surface area contributed by atoms with Crippen LogP contribution in [0.2, 0.25) is 5.02 Å². The van der Waals surface area contributed by atoms with Gasteiger partial charge in [-0.1, -0.05) is 23.7 Å². The van der Waals surface area contributed by atoms with Crippen LogP contribution in [0, 0.1) is 11.3 Å². The van der Waals surface area contributed by atoms with Crippen LogP contribution in [0.3, 0.4) is 0 Å². The van der Waals surface area contributed by atoms with Crippen LogP contribution in [-0.2, 0) is 0 Å². The van der Waals surface area contributed by atoms with Crippen LogP contribution in [0.15, 0.2) is 42.5 Å². The van der Waals surface area contributed by atoms with Gasteiger partial charge < -0.3 is 9.88 Å². The highest BCUT2D eigenvalue weighted by atomic mass is 35.5. The van der Waals surface area contributed by atoms with E-state index in [2.05, 4.69) is 22.0 Å². The van der Waals surface area contributed by atoms with Gasteiger partial charge in [0.25, 0.3) is 0 Å². The highest BCUT2D eigenvalue weighted by Gasteiger charge is 2.24. The van der Waals surface area contributed by atoms with Crippen molar-refractivity contribution < 1.29 is 0 Å². The number of benzene rings is 2. The van der Waals surface area contributed by atoms with E-state index in [-0.39, 0.29) is 0 Å². The second-order valence-corrected chi connectivity index (χ2v) is 6.61. The predicted octanol–water partition coefficient (Wildman–Crippen LogP) is 4.47. The fourth-order valence-corrected chi connectivity index (χ4v) is 3.61. The van der Waals surface area contributed by atoms with Gasteiger partial charge in [0.1, 0.15) is 11.9 Å². The van der Waals surface area contributed by atoms with Gasteiger partial charge in [-0.15, -0.1) is 0 Å². The van der Waals surface area contributed by atoms with E-state index in [4.69, 9.17) is 21.8 Å². The molecule has 1 saturated heterocycles. The number of nitrogens with zero attached hydrogens (tertiary/aromatic N) is 3. The van der Waals surface area contributed by atoms with Crippen molar-refractivity contribution in [2.45, 2.75) is 18.8 Å². The lowest BCUT2D eigenvalue weighted by molar-refractivity contribution is 0.495. The predicted molar refractivity (Wildman–Crippen MR) is 96.4 cm³/mol. The van der Waals surface area contributed by atoms with Crippen LogP contribution in [0.1, 0.15) is 30.1 Å². The molecule has 1 unspecified atom stereocenters. The van der Waals surface area contributed by atoms with Gasteiger partial charge in [-0.3, -0.25) is 0 Å². The summed E-state index contributed by atoms with van der Waals surface area (Å²) in [7, 11) is 0. The average Bonchev–Trinajstić information content (AvgIpc) is 3.06. The highest BCUT2D eigenvalue weighted by Crippen LogP contribution is 2.31. The van der Waals surface area contributed by atoms with Crippen molar-refractivity contribution in [1.29, 1.82) is 5.26 Å². The third kappa shape index (κ3) is 2.72. The Morgan fingerprint density at radius 2 is 2.12 bits per heavy atom. The minimum atomic E-state index is 0.376. The summed E-state index contributed by atoms with van der Waals surface area (Å²) in [5.41, 5.74) is 3.70. The Labute approximate surface area is 145 Å². The summed E-state index contributed by atoms with van der Waals surface area (Å²) < 4.78 is 0. The number of piperidine rings is 1. The average molecular weight is 337 g/mol. The molecule has 1 aliphatic heterocycles. The van der Waals surface area contributed by atoms with Crippen LogP contribution < -0.4 is 4.90 Å². The maximum Gasteiger partial charge on any atom is 0.112 e. The van der Waals surface area contributed by atoms with Crippen molar-refractivity contribution >= 4 is 28.3 Å². The Morgan fingerprint density at radius 1 is 1.25 bits per heavy atom. The van der Waals surface area contributed by atoms with Gasteiger partial charge in [0.15, 0.2) is 0 Å². The SMILES string of the molecule is N#Cc1ccc(N2CCCC(c3nc4ccccc4[nH]3)C2)cc1Cl. The topological polar surface area (TPSA) is 55.7 Å². The molecule has 4 rings (SSSR count). The van der Waals surface area contributed by atoms with Crippen molar-refractivity contribution in [3.05, 3.63) is 58.9 Å². The number of anilines is 1. The Kier molecular flexibility index (Phi) is 3.87. The third-order valence-corrected chi connectivity index (χ3v) is 4.97. The lowest BCUT2D eigenvalue weighted by atomic mass is 9.96. The minimum Gasteiger partial charge on any atom is -0.371 e. The van der Waals surface area contributed by atoms with E-state index >= 15 is 0 Å². The maximum atomic E-state index is 9.02. The number of aromatic amines is 1. The maximum absolute atomic E-state index is 9.02. The smallest absolute Gasteiger partial charge is 0.112 e. The number of H-pyrrole nitrogens is 1. The molecular formula is C19H17ClN4. The molecule has 1 aliphatic rings. The van der Waals surface area contributed by atoms with E-state index in [1.54, 1.807) is 6.07 Å². The van der Waals surface area contributed by atoms with Crippen LogP contribution in [0.25, 0.3) is 11.0 Å². The molecular weight excluding hydrogens is 320 g/mol. The van der Waals surface area contributed by atoms with Gasteiger partial charge >= 0.3 is 0 Å². The first-order valence-electron chi connectivity index (χ1n) is 8.14. The van der Waals surface area contributed by atoms with Gasteiger partial charge in [-0.25, -0.2) is 4.98 Å². The molecule has 1 fully saturated rings. The zero-order chi connectivity index (χ0) is 16.5. The van der Waals surface area contributed by atoms with Crippen molar-refractivity contribution in [2.75, 3.05) is 18.0 Å². The first-order valence-corrected chi connectivity index (χ1v) is 8.51. The second kappa shape index (κ2) is 6.18. The molecule has 1 N–H and O–H groups in total. The van der Waals surface area contributed by atoms with E-state index in [0.717, 1.165) is 48.5 Å². The standard InChI is InChI=1S/C19H17ClN4/c20-16-10-15(8-7-13(16)11-21)24-9-3-4-14(12-24)19-22-17-5-1-2-6-18(17)23-19/h1-2,5-8,10,14H,3-4,9,12H2,(H,22,23). The summed E-state index contributed by atoms with van der Waals surface area (Å²) in [6.45, 7) is 1.90. The van der Waals surface area contributed by atoms with E-state index in [1.165, 1.54) is 0 Å². The number of para-hydroxylation sites is 2. The van der Waals surface area contributed by atoms with Gasteiger partial charge in [0, 0.05) is 24.7 Å². The van der Waals surface area contributed by atoms with Crippen LogP contribution in [0.5, 0.6) is 0 Å². The molecule has 2 heterocycles. The molecule has 0 saturated carbocycles. The summed E-state index contributed by atoms with van der Waals surface area (Å²) in [6, 6.07) is 15.9. The Morgan fingerprint density at radius 3 is 2.92 bits per heavy atom. The summed E-state index contributed by atoms with van der Waals surface area (Å²) in [5, 5.41) is 9.53. The fourth-order valence-electron chi connectivity index (χ4n) is 3.39. The number of fused-ring (bicyclic) bond motifs is 1. The van der Waals surface area contributed by atoms with Crippen molar-refractivity contribution in [3.63, 3.8) is 0 Å². The molecule has 1 atom stereocenters. The summed E-state index contributed by atoms with van der Waals surface area (Å²) >= 11 is 6.19. The molecule has 2 aromatic carbocycles. The quantitative estimate of drug-likeness (QED) is 0.751. The fraction of sp³-hybridized carbons (Fsp3) is 0.263. The number of imidazole rings is 1. The molecule has 4 nitrogen and oxygen atoms in total. The number of aromatic nitrogens is 2. The third-order valence-electron chi connectivity index (χ3n) is 4.65. The summed E-state index contributed by atoms with van der Waals surface area (Å²) in [5.74, 6) is 1.43. The van der Waals surface area contributed by atoms with Gasteiger partial charge in [0.2, 0.25) is 0 Å². The lowest BCUT2D eigenvalue weighted by Crippen LogP contribution is -2.34. The number of rotatable bonds is 2. The largest absolute Gasteiger partial charge is 0.371 e. The Hall–Kier alpha value is -2.51. The normalized spacial score (nSPS) is 17.8. The van der Waals surface area contributed by atoms with Crippen molar-refractivity contribution in [2.24, 2.45) is 0 Å².